The minimum absolute atomic E-state index is 0.0707. The molecule has 0 aromatic heterocycles. The molecule has 0 aliphatic rings. The molecule has 5 nitrogen and oxygen atoms in total. The van der Waals surface area contributed by atoms with Gasteiger partial charge >= 0.3 is 6.18 Å². The van der Waals surface area contributed by atoms with Crippen LogP contribution < -0.4 is 5.30 Å². The van der Waals surface area contributed by atoms with Crippen molar-refractivity contribution < 1.29 is 27.2 Å². The Bertz CT molecular complexity index is 892. The summed E-state index contributed by atoms with van der Waals surface area (Å²) in [6.07, 6.45) is -4.51. The van der Waals surface area contributed by atoms with Crippen molar-refractivity contribution in [2.24, 2.45) is 0 Å². The van der Waals surface area contributed by atoms with E-state index >= 15 is 0 Å². The monoisotopic (exact) mass is 425 g/mol. The number of aryl methyl sites for hydroxylation is 1. The maximum atomic E-state index is 12.7. The van der Waals surface area contributed by atoms with Crippen LogP contribution in [0.15, 0.2) is 40.1 Å². The zero-order valence-electron chi connectivity index (χ0n) is 13.4. The largest absolute Gasteiger partial charge is 0.416 e. The van der Waals surface area contributed by atoms with E-state index in [-0.39, 0.29) is 16.0 Å². The Hall–Kier alpha value is -1.54. The summed E-state index contributed by atoms with van der Waals surface area (Å²) >= 11 is 6.96. The molecule has 0 fully saturated rings. The summed E-state index contributed by atoms with van der Waals surface area (Å²) in [7, 11) is -1.66. The molecule has 0 heterocycles. The van der Waals surface area contributed by atoms with Crippen LogP contribution in [0.25, 0.3) is 0 Å². The second kappa shape index (κ2) is 8.00. The lowest BCUT2D eigenvalue weighted by molar-refractivity contribution is -0.383. The second-order valence-electron chi connectivity index (χ2n) is 5.13. The molecule has 11 heteroatoms. The fourth-order valence-corrected chi connectivity index (χ4v) is 4.27. The summed E-state index contributed by atoms with van der Waals surface area (Å²) in [5.74, 6) is 0. The molecule has 2 aromatic carbocycles. The number of halogens is 4. The minimum atomic E-state index is -4.51. The smallest absolute Gasteiger partial charge is 0.330 e. The Morgan fingerprint density at radius 3 is 2.38 bits per heavy atom. The number of nitro benzene ring substituents is 1. The van der Waals surface area contributed by atoms with Crippen molar-refractivity contribution in [1.29, 1.82) is 0 Å². The van der Waals surface area contributed by atoms with E-state index in [2.05, 4.69) is 0 Å². The number of benzene rings is 2. The van der Waals surface area contributed by atoms with E-state index in [4.69, 9.17) is 16.1 Å². The van der Waals surface area contributed by atoms with Gasteiger partial charge in [-0.15, -0.1) is 0 Å². The fraction of sp³-hybridized carbons (Fsp3) is 0.200. The highest BCUT2D eigenvalue weighted by molar-refractivity contribution is 7.99. The van der Waals surface area contributed by atoms with Gasteiger partial charge in [0.1, 0.15) is 5.30 Å². The highest BCUT2D eigenvalue weighted by atomic mass is 35.5. The molecule has 140 valence electrons. The van der Waals surface area contributed by atoms with Gasteiger partial charge in [-0.2, -0.15) is 13.2 Å². The molecule has 0 amide bonds. The number of hydrogen-bond acceptors (Lipinski definition) is 5. The van der Waals surface area contributed by atoms with Crippen LogP contribution in [0.3, 0.4) is 0 Å². The van der Waals surface area contributed by atoms with E-state index in [1.54, 1.807) is 6.92 Å². The molecule has 2 rings (SSSR count). The van der Waals surface area contributed by atoms with Crippen LogP contribution in [0.1, 0.15) is 11.1 Å². The lowest BCUT2D eigenvalue weighted by atomic mass is 10.2. The predicted molar refractivity (Wildman–Crippen MR) is 94.1 cm³/mol. The Kier molecular flexibility index (Phi) is 6.39. The molecule has 0 spiro atoms. The van der Waals surface area contributed by atoms with Crippen molar-refractivity contribution in [2.75, 3.05) is 7.11 Å². The predicted octanol–water partition coefficient (Wildman–Crippen LogP) is 5.47. The van der Waals surface area contributed by atoms with Crippen LogP contribution in [0, 0.1) is 17.0 Å². The van der Waals surface area contributed by atoms with Crippen LogP contribution in [0.2, 0.25) is 5.02 Å². The standard InChI is InChI=1S/C15H12ClF3NO4PS/c1-8-5-11(20(21)22)12(25(23)24-2)7-14(8)26-13-4-3-9(6-10(13)16)15(17,18)19/h3-7,25H,1-2H3. The highest BCUT2D eigenvalue weighted by Crippen LogP contribution is 2.40. The highest BCUT2D eigenvalue weighted by Gasteiger charge is 2.31. The normalized spacial score (nSPS) is 12.8. The van der Waals surface area contributed by atoms with Crippen LogP contribution in [0.4, 0.5) is 18.9 Å². The van der Waals surface area contributed by atoms with Gasteiger partial charge in [-0.25, -0.2) is 0 Å². The van der Waals surface area contributed by atoms with Gasteiger partial charge < -0.3 is 4.52 Å². The summed E-state index contributed by atoms with van der Waals surface area (Å²) in [5, 5.41) is 11.0. The first-order valence-corrected chi connectivity index (χ1v) is 9.47. The third kappa shape index (κ3) is 4.59. The zero-order chi connectivity index (χ0) is 19.6. The van der Waals surface area contributed by atoms with Gasteiger partial charge in [-0.05, 0) is 36.8 Å². The van der Waals surface area contributed by atoms with E-state index in [9.17, 15) is 27.9 Å². The van der Waals surface area contributed by atoms with Gasteiger partial charge in [0.2, 0.25) is 8.03 Å². The van der Waals surface area contributed by atoms with Crippen molar-refractivity contribution >= 4 is 42.4 Å². The maximum absolute atomic E-state index is 12.7. The first-order valence-electron chi connectivity index (χ1n) is 6.96. The molecule has 1 unspecified atom stereocenters. The Morgan fingerprint density at radius 2 is 1.88 bits per heavy atom. The topological polar surface area (TPSA) is 69.4 Å². The van der Waals surface area contributed by atoms with Gasteiger partial charge in [-0.3, -0.25) is 14.7 Å². The van der Waals surface area contributed by atoms with Crippen molar-refractivity contribution in [2.45, 2.75) is 22.9 Å². The Balaban J connectivity index is 2.47. The molecule has 26 heavy (non-hydrogen) atoms. The average Bonchev–Trinajstić information content (AvgIpc) is 2.56. The SMILES string of the molecule is CO[PH](=O)c1cc(Sc2ccc(C(F)(F)F)cc2Cl)c(C)cc1[N+](=O)[O-]. The Morgan fingerprint density at radius 1 is 1.23 bits per heavy atom. The average molecular weight is 426 g/mol. The molecular formula is C15H12ClF3NO4PS. The first-order chi connectivity index (χ1) is 12.0. The number of nitrogens with zero attached hydrogens (tertiary/aromatic N) is 1. The molecule has 0 aliphatic carbocycles. The molecule has 0 saturated carbocycles. The van der Waals surface area contributed by atoms with E-state index in [1.165, 1.54) is 25.3 Å². The summed E-state index contributed by atoms with van der Waals surface area (Å²) < 4.78 is 54.9. The van der Waals surface area contributed by atoms with E-state index in [0.29, 0.717) is 15.4 Å². The summed E-state index contributed by atoms with van der Waals surface area (Å²) in [6.45, 7) is 1.60. The fourth-order valence-electron chi connectivity index (χ4n) is 2.09. The molecular weight excluding hydrogens is 414 g/mol. The third-order valence-corrected chi connectivity index (χ3v) is 6.25. The van der Waals surface area contributed by atoms with Gasteiger partial charge in [0.15, 0.2) is 0 Å². The van der Waals surface area contributed by atoms with Crippen molar-refractivity contribution in [3.05, 3.63) is 56.6 Å². The molecule has 0 aliphatic heterocycles. The molecule has 2 aromatic rings. The number of hydrogen-bond donors (Lipinski definition) is 0. The molecule has 1 atom stereocenters. The van der Waals surface area contributed by atoms with Gasteiger partial charge in [-0.1, -0.05) is 23.4 Å². The Labute approximate surface area is 156 Å². The van der Waals surface area contributed by atoms with Crippen LogP contribution in [-0.2, 0) is 15.3 Å². The first kappa shape index (κ1) is 20.8. The quantitative estimate of drug-likeness (QED) is 0.361. The molecule has 0 radical (unpaired) electrons. The van der Waals surface area contributed by atoms with Gasteiger partial charge in [0.05, 0.1) is 15.5 Å². The minimum Gasteiger partial charge on any atom is -0.330 e. The number of alkyl halides is 3. The lowest BCUT2D eigenvalue weighted by Crippen LogP contribution is -2.07. The third-order valence-electron chi connectivity index (χ3n) is 3.37. The lowest BCUT2D eigenvalue weighted by Gasteiger charge is -2.12. The van der Waals surface area contributed by atoms with Crippen LogP contribution in [0.5, 0.6) is 0 Å². The number of rotatable bonds is 5. The summed E-state index contributed by atoms with van der Waals surface area (Å²) in [4.78, 5) is 11.3. The van der Waals surface area contributed by atoms with Crippen molar-refractivity contribution in [3.8, 4) is 0 Å². The molecule has 0 bridgehead atoms. The van der Waals surface area contributed by atoms with Crippen molar-refractivity contribution in [1.82, 2.24) is 0 Å². The summed E-state index contributed by atoms with van der Waals surface area (Å²) in [5.41, 5.74) is -0.721. The second-order valence-corrected chi connectivity index (χ2v) is 8.14. The van der Waals surface area contributed by atoms with E-state index in [0.717, 1.165) is 23.9 Å². The zero-order valence-corrected chi connectivity index (χ0v) is 16.0. The van der Waals surface area contributed by atoms with Crippen LogP contribution >= 0.6 is 31.4 Å². The van der Waals surface area contributed by atoms with E-state index < -0.39 is 24.7 Å². The summed E-state index contributed by atoms with van der Waals surface area (Å²) in [6, 6.07) is 5.52. The molecule has 0 N–H and O–H groups in total. The van der Waals surface area contributed by atoms with E-state index in [1.807, 2.05) is 0 Å². The van der Waals surface area contributed by atoms with Crippen molar-refractivity contribution in [3.63, 3.8) is 0 Å². The van der Waals surface area contributed by atoms with Crippen LogP contribution in [-0.4, -0.2) is 12.0 Å². The molecule has 0 saturated heterocycles. The maximum Gasteiger partial charge on any atom is 0.416 e. The van der Waals surface area contributed by atoms with Gasteiger partial charge in [0.25, 0.3) is 5.69 Å². The van der Waals surface area contributed by atoms with Gasteiger partial charge in [0, 0.05) is 23.0 Å². The number of nitro groups is 1.